The summed E-state index contributed by atoms with van der Waals surface area (Å²) in [4.78, 5) is 12.0. The van der Waals surface area contributed by atoms with Gasteiger partial charge in [0.25, 0.3) is 0 Å². The van der Waals surface area contributed by atoms with Crippen LogP contribution in [-0.4, -0.2) is 46.6 Å². The van der Waals surface area contributed by atoms with Crippen LogP contribution in [0.3, 0.4) is 0 Å². The summed E-state index contributed by atoms with van der Waals surface area (Å²) in [5, 5.41) is 26.6. The van der Waals surface area contributed by atoms with Crippen LogP contribution in [0.15, 0.2) is 54.6 Å². The SMILES string of the molecule is Cc1ccc(C(C)OCC(O)CNC(C)(C)Cc2ccc3ccccc3c2)c2c1OC(C)(C)C1C(C(=O)O)C21. The van der Waals surface area contributed by atoms with Gasteiger partial charge in [0.15, 0.2) is 0 Å². The Labute approximate surface area is 231 Å². The van der Waals surface area contributed by atoms with Crippen LogP contribution >= 0.6 is 0 Å². The fraction of sp³-hybridized carbons (Fsp3) is 0.485. The van der Waals surface area contributed by atoms with Crippen molar-refractivity contribution in [2.75, 3.05) is 13.2 Å². The summed E-state index contributed by atoms with van der Waals surface area (Å²) in [6, 6.07) is 18.9. The normalized spacial score (nSPS) is 22.9. The predicted octanol–water partition coefficient (Wildman–Crippen LogP) is 5.78. The highest BCUT2D eigenvalue weighted by molar-refractivity contribution is 5.83. The fourth-order valence-electron chi connectivity index (χ4n) is 6.45. The van der Waals surface area contributed by atoms with Crippen molar-refractivity contribution in [1.82, 2.24) is 5.32 Å². The first-order valence-electron chi connectivity index (χ1n) is 14.0. The molecule has 39 heavy (non-hydrogen) atoms. The van der Waals surface area contributed by atoms with Crippen LogP contribution in [-0.2, 0) is 16.0 Å². The quantitative estimate of drug-likeness (QED) is 0.307. The number of aliphatic hydroxyl groups is 1. The first-order chi connectivity index (χ1) is 18.4. The molecule has 0 spiro atoms. The largest absolute Gasteiger partial charge is 0.487 e. The monoisotopic (exact) mass is 531 g/mol. The van der Waals surface area contributed by atoms with Gasteiger partial charge in [0.1, 0.15) is 11.4 Å². The zero-order valence-corrected chi connectivity index (χ0v) is 23.8. The molecule has 208 valence electrons. The third kappa shape index (κ3) is 5.56. The molecule has 5 unspecified atom stereocenters. The smallest absolute Gasteiger partial charge is 0.307 e. The molecule has 0 saturated heterocycles. The minimum atomic E-state index is -0.775. The molecule has 0 aromatic heterocycles. The number of benzene rings is 3. The average molecular weight is 532 g/mol. The molecule has 2 aliphatic rings. The van der Waals surface area contributed by atoms with Crippen LogP contribution in [0, 0.1) is 18.8 Å². The van der Waals surface area contributed by atoms with Gasteiger partial charge in [-0.05, 0) is 75.4 Å². The molecular formula is C33H41NO5. The molecule has 1 aliphatic heterocycles. The van der Waals surface area contributed by atoms with E-state index in [9.17, 15) is 15.0 Å². The molecule has 6 heteroatoms. The van der Waals surface area contributed by atoms with Crippen molar-refractivity contribution in [3.05, 3.63) is 76.9 Å². The summed E-state index contributed by atoms with van der Waals surface area (Å²) in [5.74, 6) is -0.577. The third-order valence-corrected chi connectivity index (χ3v) is 8.49. The lowest BCUT2D eigenvalue weighted by molar-refractivity contribution is -0.139. The number of hydrogen-bond acceptors (Lipinski definition) is 5. The maximum Gasteiger partial charge on any atom is 0.307 e. The molecule has 5 atom stereocenters. The topological polar surface area (TPSA) is 88.0 Å². The van der Waals surface area contributed by atoms with Crippen molar-refractivity contribution in [1.29, 1.82) is 0 Å². The lowest BCUT2D eigenvalue weighted by Crippen LogP contribution is -2.46. The van der Waals surface area contributed by atoms with E-state index in [1.807, 2.05) is 39.8 Å². The van der Waals surface area contributed by atoms with Crippen LogP contribution in [0.2, 0.25) is 0 Å². The maximum absolute atomic E-state index is 12.0. The van der Waals surface area contributed by atoms with Gasteiger partial charge >= 0.3 is 5.97 Å². The molecule has 6 nitrogen and oxygen atoms in total. The minimum absolute atomic E-state index is 0.0603. The van der Waals surface area contributed by atoms with Crippen molar-refractivity contribution in [2.45, 2.75) is 77.2 Å². The third-order valence-electron chi connectivity index (χ3n) is 8.49. The molecule has 3 aromatic carbocycles. The number of aryl methyl sites for hydroxylation is 1. The van der Waals surface area contributed by atoms with Crippen LogP contribution in [0.4, 0.5) is 0 Å². The van der Waals surface area contributed by atoms with E-state index in [4.69, 9.17) is 9.47 Å². The van der Waals surface area contributed by atoms with E-state index < -0.39 is 23.6 Å². The second-order valence-electron chi connectivity index (χ2n) is 12.6. The number of aliphatic hydroxyl groups excluding tert-OH is 1. The molecule has 1 heterocycles. The van der Waals surface area contributed by atoms with Gasteiger partial charge in [-0.15, -0.1) is 0 Å². The number of hydrogen-bond donors (Lipinski definition) is 3. The fourth-order valence-corrected chi connectivity index (χ4v) is 6.45. The van der Waals surface area contributed by atoms with Gasteiger partial charge in [0.2, 0.25) is 0 Å². The van der Waals surface area contributed by atoms with Gasteiger partial charge in [-0.1, -0.05) is 54.6 Å². The molecule has 1 fully saturated rings. The van der Waals surface area contributed by atoms with Crippen molar-refractivity contribution in [3.8, 4) is 5.75 Å². The molecule has 3 aromatic rings. The minimum Gasteiger partial charge on any atom is -0.487 e. The first-order valence-corrected chi connectivity index (χ1v) is 14.0. The predicted molar refractivity (Wildman–Crippen MR) is 153 cm³/mol. The van der Waals surface area contributed by atoms with Crippen molar-refractivity contribution in [3.63, 3.8) is 0 Å². The van der Waals surface area contributed by atoms with E-state index >= 15 is 0 Å². The van der Waals surface area contributed by atoms with E-state index in [1.165, 1.54) is 16.3 Å². The van der Waals surface area contributed by atoms with E-state index in [2.05, 4.69) is 61.6 Å². The van der Waals surface area contributed by atoms with E-state index in [1.54, 1.807) is 0 Å². The van der Waals surface area contributed by atoms with Gasteiger partial charge in [-0.25, -0.2) is 0 Å². The van der Waals surface area contributed by atoms with E-state index in [-0.39, 0.29) is 30.1 Å². The number of rotatable bonds is 10. The van der Waals surface area contributed by atoms with Crippen LogP contribution in [0.5, 0.6) is 5.75 Å². The Kier molecular flexibility index (Phi) is 7.25. The number of β-amino-alcohol motifs (C(OH)–C–C–N with tert-alkyl or cyclic N) is 1. The van der Waals surface area contributed by atoms with E-state index in [0.717, 1.165) is 28.9 Å². The Morgan fingerprint density at radius 1 is 1.13 bits per heavy atom. The average Bonchev–Trinajstić information content (AvgIpc) is 3.64. The van der Waals surface area contributed by atoms with Crippen molar-refractivity contribution in [2.24, 2.45) is 11.8 Å². The van der Waals surface area contributed by atoms with Gasteiger partial charge in [0, 0.05) is 29.5 Å². The molecule has 0 amide bonds. The van der Waals surface area contributed by atoms with Gasteiger partial charge in [0.05, 0.1) is 24.7 Å². The maximum atomic E-state index is 12.0. The molecule has 5 rings (SSSR count). The Hall–Kier alpha value is -2.93. The molecule has 1 aliphatic carbocycles. The van der Waals surface area contributed by atoms with Gasteiger partial charge in [-0.2, -0.15) is 0 Å². The number of aliphatic carboxylic acids is 1. The summed E-state index contributed by atoms with van der Waals surface area (Å²) in [6.07, 6.45) is -0.152. The molecule has 1 saturated carbocycles. The molecule has 0 bridgehead atoms. The zero-order chi connectivity index (χ0) is 28.1. The summed E-state index contributed by atoms with van der Waals surface area (Å²) in [6.45, 7) is 12.8. The zero-order valence-electron chi connectivity index (χ0n) is 23.8. The summed E-state index contributed by atoms with van der Waals surface area (Å²) in [5.41, 5.74) is 3.42. The van der Waals surface area contributed by atoms with Gasteiger partial charge in [-0.3, -0.25) is 4.79 Å². The molecular weight excluding hydrogens is 490 g/mol. The second kappa shape index (κ2) is 10.2. The number of ether oxygens (including phenoxy) is 2. The number of nitrogens with one attached hydrogen (secondary N) is 1. The summed E-state index contributed by atoms with van der Waals surface area (Å²) >= 11 is 0. The Morgan fingerprint density at radius 2 is 1.85 bits per heavy atom. The van der Waals surface area contributed by atoms with Crippen LogP contribution < -0.4 is 10.1 Å². The van der Waals surface area contributed by atoms with Crippen molar-refractivity contribution < 1.29 is 24.5 Å². The van der Waals surface area contributed by atoms with Crippen LogP contribution in [0.1, 0.15) is 68.9 Å². The standard InChI is InChI=1S/C33H41NO5/c1-19-11-14-25(26-27-28(31(36)37)29(27)33(5,6)39-30(19)26)20(2)38-18-24(35)17-34-32(3,4)16-21-12-13-22-9-7-8-10-23(22)15-21/h7-15,20,24,27-29,34-35H,16-18H2,1-6H3,(H,36,37). The van der Waals surface area contributed by atoms with E-state index in [0.29, 0.717) is 6.54 Å². The second-order valence-corrected chi connectivity index (χ2v) is 12.6. The Balaban J connectivity index is 1.20. The van der Waals surface area contributed by atoms with Crippen LogP contribution in [0.25, 0.3) is 10.8 Å². The highest BCUT2D eigenvalue weighted by Crippen LogP contribution is 2.66. The number of carboxylic acid groups (broad SMARTS) is 1. The number of carbonyl (C=O) groups is 1. The summed E-state index contributed by atoms with van der Waals surface area (Å²) < 4.78 is 12.5. The lowest BCUT2D eigenvalue weighted by atomic mass is 9.88. The number of carboxylic acids is 1. The highest BCUT2D eigenvalue weighted by atomic mass is 16.5. The number of fused-ring (bicyclic) bond motifs is 4. The molecule has 0 radical (unpaired) electrons. The first kappa shape index (κ1) is 27.6. The van der Waals surface area contributed by atoms with Gasteiger partial charge < -0.3 is 25.0 Å². The Morgan fingerprint density at radius 3 is 2.56 bits per heavy atom. The molecule has 3 N–H and O–H groups in total. The lowest BCUT2D eigenvalue weighted by Gasteiger charge is -2.35. The Bertz CT molecular complexity index is 1380. The summed E-state index contributed by atoms with van der Waals surface area (Å²) in [7, 11) is 0. The highest BCUT2D eigenvalue weighted by Gasteiger charge is 2.67. The van der Waals surface area contributed by atoms with Crippen molar-refractivity contribution >= 4 is 16.7 Å².